The van der Waals surface area contributed by atoms with Crippen LogP contribution in [-0.4, -0.2) is 59.9 Å². The highest BCUT2D eigenvalue weighted by atomic mass is 35.5. The third-order valence-corrected chi connectivity index (χ3v) is 8.08. The predicted molar refractivity (Wildman–Crippen MR) is 173 cm³/mol. The number of hydrogen-bond acceptors (Lipinski definition) is 8. The minimum absolute atomic E-state index is 0.0772. The molecule has 0 saturated carbocycles. The molecule has 48 heavy (non-hydrogen) atoms. The Hall–Kier alpha value is -4.56. The Kier molecular flexibility index (Phi) is 12.0. The van der Waals surface area contributed by atoms with Crippen LogP contribution in [0, 0.1) is 17.5 Å². The van der Waals surface area contributed by atoms with Crippen LogP contribution in [-0.2, 0) is 27.2 Å². The fourth-order valence-corrected chi connectivity index (χ4v) is 5.52. The molecule has 3 atom stereocenters. The van der Waals surface area contributed by atoms with Crippen molar-refractivity contribution in [2.45, 2.75) is 43.5 Å². The van der Waals surface area contributed by atoms with E-state index >= 15 is 4.39 Å². The Bertz CT molecular complexity index is 1650. The number of carbonyl (C=O) groups is 2. The highest BCUT2D eigenvalue weighted by molar-refractivity contribution is 6.29. The van der Waals surface area contributed by atoms with E-state index in [2.05, 4.69) is 25.9 Å². The number of benzene rings is 2. The molecule has 1 saturated heterocycles. The van der Waals surface area contributed by atoms with Crippen LogP contribution < -0.4 is 21.7 Å². The van der Waals surface area contributed by atoms with Crippen LogP contribution in [0.5, 0.6) is 0 Å². The predicted octanol–water partition coefficient (Wildman–Crippen LogP) is 4.86. The number of amides is 2. The molecule has 252 valence electrons. The summed E-state index contributed by atoms with van der Waals surface area (Å²) in [5.74, 6) is -2.91. The van der Waals surface area contributed by atoms with Crippen molar-refractivity contribution >= 4 is 29.3 Å². The molecule has 0 aliphatic carbocycles. The van der Waals surface area contributed by atoms with E-state index < -0.39 is 41.4 Å². The van der Waals surface area contributed by atoms with Crippen molar-refractivity contribution in [1.29, 1.82) is 0 Å². The molecule has 3 unspecified atom stereocenters. The monoisotopic (exact) mass is 682 g/mol. The zero-order valence-electron chi connectivity index (χ0n) is 25.7. The average molecular weight is 683 g/mol. The lowest BCUT2D eigenvalue weighted by Gasteiger charge is -2.30. The quantitative estimate of drug-likeness (QED) is 0.155. The normalized spacial score (nSPS) is 16.7. The highest BCUT2D eigenvalue weighted by Gasteiger charge is 2.29. The summed E-state index contributed by atoms with van der Waals surface area (Å²) in [6.45, 7) is 0.935. The van der Waals surface area contributed by atoms with Crippen molar-refractivity contribution in [2.24, 2.45) is 5.73 Å². The van der Waals surface area contributed by atoms with Gasteiger partial charge in [-0.2, -0.15) is 0 Å². The Morgan fingerprint density at radius 2 is 1.71 bits per heavy atom. The van der Waals surface area contributed by atoms with Gasteiger partial charge in [0.05, 0.1) is 55.1 Å². The van der Waals surface area contributed by atoms with Gasteiger partial charge in [-0.1, -0.05) is 41.9 Å². The second-order valence-corrected chi connectivity index (χ2v) is 11.6. The molecule has 14 heteroatoms. The van der Waals surface area contributed by atoms with Crippen molar-refractivity contribution in [1.82, 2.24) is 20.6 Å². The third kappa shape index (κ3) is 9.50. The Morgan fingerprint density at radius 1 is 1.02 bits per heavy atom. The SMILES string of the molecule is NC(C(=O)Nc1cncc(F)c1CCC1CNC(COC(=O)NCc2cccc(Cl)n2)CO1)C(c1ccc(F)cc1)c1ccc(F)cc1. The van der Waals surface area contributed by atoms with E-state index in [1.165, 1.54) is 54.7 Å². The largest absolute Gasteiger partial charge is 0.448 e. The molecule has 0 bridgehead atoms. The van der Waals surface area contributed by atoms with Crippen LogP contribution in [0.15, 0.2) is 79.1 Å². The number of halogens is 4. The Balaban J connectivity index is 1.14. The van der Waals surface area contributed by atoms with E-state index in [1.807, 2.05) is 0 Å². The van der Waals surface area contributed by atoms with Crippen LogP contribution in [0.2, 0.25) is 5.15 Å². The summed E-state index contributed by atoms with van der Waals surface area (Å²) >= 11 is 5.86. The van der Waals surface area contributed by atoms with Crippen LogP contribution >= 0.6 is 11.6 Å². The fraction of sp³-hybridized carbons (Fsp3) is 0.294. The zero-order valence-corrected chi connectivity index (χ0v) is 26.4. The summed E-state index contributed by atoms with van der Waals surface area (Å²) in [7, 11) is 0. The topological polar surface area (TPSA) is 140 Å². The number of aromatic nitrogens is 2. The van der Waals surface area contributed by atoms with E-state index in [0.717, 1.165) is 6.20 Å². The molecule has 3 heterocycles. The Labute approximate surface area is 280 Å². The molecule has 5 N–H and O–H groups in total. The molecule has 10 nitrogen and oxygen atoms in total. The highest BCUT2D eigenvalue weighted by Crippen LogP contribution is 2.29. The van der Waals surface area contributed by atoms with Gasteiger partial charge in [-0.3, -0.25) is 9.78 Å². The lowest BCUT2D eigenvalue weighted by Crippen LogP contribution is -2.49. The first-order valence-electron chi connectivity index (χ1n) is 15.2. The standard InChI is InChI=1S/C34H34ClF3N6O4/c35-30-3-1-2-24(43-30)14-42-34(46)48-19-25-18-47-26(15-41-25)12-13-27-28(38)16-40-17-29(27)44-33(45)32(39)31(20-4-8-22(36)9-5-20)21-6-10-23(37)11-7-21/h1-11,16-17,25-26,31-32,41H,12-15,18-19,39H2,(H,42,46)(H,44,45). The second kappa shape index (κ2) is 16.5. The van der Waals surface area contributed by atoms with Crippen LogP contribution in [0.25, 0.3) is 0 Å². The molecule has 0 spiro atoms. The first kappa shape index (κ1) is 34.8. The molecule has 5 rings (SSSR count). The van der Waals surface area contributed by atoms with Gasteiger partial charge in [-0.05, 0) is 60.4 Å². The van der Waals surface area contributed by atoms with Gasteiger partial charge >= 0.3 is 6.09 Å². The lowest BCUT2D eigenvalue weighted by atomic mass is 9.85. The van der Waals surface area contributed by atoms with Crippen molar-refractivity contribution in [3.8, 4) is 0 Å². The maximum Gasteiger partial charge on any atom is 0.407 e. The molecular weight excluding hydrogens is 649 g/mol. The molecule has 1 aliphatic heterocycles. The number of carbonyl (C=O) groups excluding carboxylic acids is 2. The minimum atomic E-state index is -1.20. The fourth-order valence-electron chi connectivity index (χ4n) is 5.34. The van der Waals surface area contributed by atoms with Gasteiger partial charge in [0.1, 0.15) is 29.2 Å². The molecular formula is C34H34ClF3N6O4. The number of pyridine rings is 2. The molecule has 1 aliphatic rings. The van der Waals surface area contributed by atoms with E-state index in [9.17, 15) is 18.4 Å². The number of rotatable bonds is 12. The summed E-state index contributed by atoms with van der Waals surface area (Å²) in [5, 5.41) is 8.91. The van der Waals surface area contributed by atoms with Gasteiger partial charge in [0, 0.05) is 18.0 Å². The number of anilines is 1. The van der Waals surface area contributed by atoms with E-state index in [4.69, 9.17) is 26.8 Å². The van der Waals surface area contributed by atoms with E-state index in [0.29, 0.717) is 34.9 Å². The van der Waals surface area contributed by atoms with Crippen LogP contribution in [0.4, 0.5) is 23.7 Å². The van der Waals surface area contributed by atoms with Gasteiger partial charge in [-0.25, -0.2) is 22.9 Å². The summed E-state index contributed by atoms with van der Waals surface area (Å²) in [5.41, 5.74) is 8.52. The number of nitrogens with one attached hydrogen (secondary N) is 3. The lowest BCUT2D eigenvalue weighted by molar-refractivity contribution is -0.117. The molecule has 2 aromatic heterocycles. The van der Waals surface area contributed by atoms with Crippen molar-refractivity contribution in [2.75, 3.05) is 25.1 Å². The van der Waals surface area contributed by atoms with E-state index in [-0.39, 0.29) is 49.6 Å². The van der Waals surface area contributed by atoms with Gasteiger partial charge in [-0.15, -0.1) is 0 Å². The van der Waals surface area contributed by atoms with E-state index in [1.54, 1.807) is 18.2 Å². The minimum Gasteiger partial charge on any atom is -0.448 e. The first-order chi connectivity index (χ1) is 23.2. The van der Waals surface area contributed by atoms with Crippen molar-refractivity contribution in [3.63, 3.8) is 0 Å². The number of alkyl carbamates (subject to hydrolysis) is 1. The van der Waals surface area contributed by atoms with Crippen molar-refractivity contribution in [3.05, 3.63) is 124 Å². The maximum absolute atomic E-state index is 15.0. The van der Waals surface area contributed by atoms with Gasteiger partial charge in [0.15, 0.2) is 0 Å². The average Bonchev–Trinajstić information content (AvgIpc) is 3.08. The molecule has 2 aromatic carbocycles. The molecule has 1 fully saturated rings. The van der Waals surface area contributed by atoms with Gasteiger partial charge in [0.2, 0.25) is 5.91 Å². The number of morpholine rings is 1. The second-order valence-electron chi connectivity index (χ2n) is 11.2. The first-order valence-corrected chi connectivity index (χ1v) is 15.6. The number of hydrogen-bond donors (Lipinski definition) is 4. The van der Waals surface area contributed by atoms with Crippen LogP contribution in [0.3, 0.4) is 0 Å². The number of ether oxygens (including phenoxy) is 2. The summed E-state index contributed by atoms with van der Waals surface area (Å²) in [4.78, 5) is 33.5. The molecule has 0 radical (unpaired) electrons. The number of nitrogens with zero attached hydrogens (tertiary/aromatic N) is 2. The van der Waals surface area contributed by atoms with Gasteiger partial charge in [0.25, 0.3) is 0 Å². The summed E-state index contributed by atoms with van der Waals surface area (Å²) in [6.07, 6.45) is 2.15. The summed E-state index contributed by atoms with van der Waals surface area (Å²) < 4.78 is 53.6. The third-order valence-electron chi connectivity index (χ3n) is 7.87. The molecule has 4 aromatic rings. The van der Waals surface area contributed by atoms with Crippen molar-refractivity contribution < 1.29 is 32.2 Å². The van der Waals surface area contributed by atoms with Gasteiger partial charge < -0.3 is 31.2 Å². The Morgan fingerprint density at radius 3 is 2.33 bits per heavy atom. The smallest absolute Gasteiger partial charge is 0.407 e. The van der Waals surface area contributed by atoms with Crippen LogP contribution in [0.1, 0.15) is 34.7 Å². The zero-order chi connectivity index (χ0) is 34.0. The number of nitrogens with two attached hydrogens (primary N) is 1. The maximum atomic E-state index is 15.0. The summed E-state index contributed by atoms with van der Waals surface area (Å²) in [6, 6.07) is 14.7. The molecule has 2 amide bonds.